The third-order valence-electron chi connectivity index (χ3n) is 4.86. The van der Waals surface area contributed by atoms with Crippen LogP contribution in [0.2, 0.25) is 0 Å². The van der Waals surface area contributed by atoms with E-state index in [9.17, 15) is 9.50 Å². The molecule has 3 heteroatoms. The Hall–Kier alpha value is -1.09. The molecule has 0 amide bonds. The van der Waals surface area contributed by atoms with E-state index in [1.165, 1.54) is 19.6 Å². The summed E-state index contributed by atoms with van der Waals surface area (Å²) < 4.78 is 19.6. The molecule has 0 heterocycles. The van der Waals surface area contributed by atoms with Crippen LogP contribution in [0.3, 0.4) is 0 Å². The minimum atomic E-state index is -1.18. The number of methoxy groups -OCH3 is 1. The Morgan fingerprint density at radius 3 is 2.70 bits per heavy atom. The summed E-state index contributed by atoms with van der Waals surface area (Å²) in [5.74, 6) is 0.598. The van der Waals surface area contributed by atoms with E-state index in [4.69, 9.17) is 4.74 Å². The Morgan fingerprint density at radius 1 is 1.35 bits per heavy atom. The SMILES string of the molecule is CCC1CCCCC1C(C)(O)c1c(F)cccc1OC. The molecule has 0 aromatic heterocycles. The van der Waals surface area contributed by atoms with Gasteiger partial charge in [0.05, 0.1) is 18.3 Å². The van der Waals surface area contributed by atoms with Crippen molar-refractivity contribution in [2.45, 2.75) is 51.6 Å². The second kappa shape index (κ2) is 6.13. The van der Waals surface area contributed by atoms with Crippen LogP contribution in [0, 0.1) is 17.7 Å². The quantitative estimate of drug-likeness (QED) is 0.893. The zero-order valence-electron chi connectivity index (χ0n) is 12.7. The molecule has 1 aliphatic rings. The molecule has 1 N–H and O–H groups in total. The van der Waals surface area contributed by atoms with Crippen molar-refractivity contribution in [1.29, 1.82) is 0 Å². The van der Waals surface area contributed by atoms with Crippen LogP contribution in [-0.4, -0.2) is 12.2 Å². The molecule has 0 saturated heterocycles. The van der Waals surface area contributed by atoms with Crippen LogP contribution in [0.15, 0.2) is 18.2 Å². The van der Waals surface area contributed by atoms with Gasteiger partial charge in [0.25, 0.3) is 0 Å². The minimum absolute atomic E-state index is 0.0899. The molecule has 1 aromatic carbocycles. The number of hydrogen-bond acceptors (Lipinski definition) is 2. The molecule has 3 atom stereocenters. The average molecular weight is 280 g/mol. The molecule has 2 nitrogen and oxygen atoms in total. The highest BCUT2D eigenvalue weighted by Gasteiger charge is 2.42. The lowest BCUT2D eigenvalue weighted by molar-refractivity contribution is -0.0527. The summed E-state index contributed by atoms with van der Waals surface area (Å²) in [5, 5.41) is 11.1. The van der Waals surface area contributed by atoms with Gasteiger partial charge < -0.3 is 9.84 Å². The van der Waals surface area contributed by atoms with Gasteiger partial charge in [-0.15, -0.1) is 0 Å². The van der Waals surface area contributed by atoms with Gasteiger partial charge in [0.2, 0.25) is 0 Å². The van der Waals surface area contributed by atoms with Crippen LogP contribution in [0.4, 0.5) is 4.39 Å². The molecule has 1 saturated carbocycles. The summed E-state index contributed by atoms with van der Waals surface area (Å²) >= 11 is 0. The van der Waals surface area contributed by atoms with Crippen molar-refractivity contribution in [2.24, 2.45) is 11.8 Å². The van der Waals surface area contributed by atoms with Crippen LogP contribution in [0.1, 0.15) is 51.5 Å². The Morgan fingerprint density at radius 2 is 2.05 bits per heavy atom. The van der Waals surface area contributed by atoms with E-state index >= 15 is 0 Å². The first-order chi connectivity index (χ1) is 9.52. The molecule has 1 aromatic rings. The lowest BCUT2D eigenvalue weighted by Crippen LogP contribution is -2.39. The third-order valence-corrected chi connectivity index (χ3v) is 4.86. The van der Waals surface area contributed by atoms with Crippen LogP contribution >= 0.6 is 0 Å². The first kappa shape index (κ1) is 15.3. The van der Waals surface area contributed by atoms with Gasteiger partial charge in [0.1, 0.15) is 11.6 Å². The predicted molar refractivity (Wildman–Crippen MR) is 78.3 cm³/mol. The summed E-state index contributed by atoms with van der Waals surface area (Å²) in [4.78, 5) is 0. The normalized spacial score (nSPS) is 26.1. The number of rotatable bonds is 4. The minimum Gasteiger partial charge on any atom is -0.496 e. The highest BCUT2D eigenvalue weighted by atomic mass is 19.1. The van der Waals surface area contributed by atoms with Crippen molar-refractivity contribution >= 4 is 0 Å². The van der Waals surface area contributed by atoms with Crippen LogP contribution < -0.4 is 4.74 Å². The smallest absolute Gasteiger partial charge is 0.133 e. The van der Waals surface area contributed by atoms with E-state index in [2.05, 4.69) is 6.92 Å². The van der Waals surface area contributed by atoms with Gasteiger partial charge in [-0.2, -0.15) is 0 Å². The van der Waals surface area contributed by atoms with Crippen LogP contribution in [0.5, 0.6) is 5.75 Å². The predicted octanol–water partition coefficient (Wildman–Crippen LogP) is 4.26. The number of ether oxygens (including phenoxy) is 1. The first-order valence-corrected chi connectivity index (χ1v) is 7.57. The molecular weight excluding hydrogens is 255 g/mol. The fourth-order valence-electron chi connectivity index (χ4n) is 3.79. The van der Waals surface area contributed by atoms with E-state index in [0.717, 1.165) is 25.7 Å². The Bertz CT molecular complexity index is 456. The van der Waals surface area contributed by atoms with Crippen molar-refractivity contribution < 1.29 is 14.2 Å². The maximum absolute atomic E-state index is 14.3. The van der Waals surface area contributed by atoms with Gasteiger partial charge in [-0.3, -0.25) is 0 Å². The molecule has 3 unspecified atom stereocenters. The summed E-state index contributed by atoms with van der Waals surface area (Å²) in [6, 6.07) is 4.73. The standard InChI is InChI=1S/C17H25FO2/c1-4-12-8-5-6-9-13(12)17(2,19)16-14(18)10-7-11-15(16)20-3/h7,10-13,19H,4-6,8-9H2,1-3H3. The maximum Gasteiger partial charge on any atom is 0.133 e. The zero-order valence-corrected chi connectivity index (χ0v) is 12.7. The maximum atomic E-state index is 14.3. The number of benzene rings is 1. The molecule has 20 heavy (non-hydrogen) atoms. The van der Waals surface area contributed by atoms with E-state index in [0.29, 0.717) is 17.2 Å². The van der Waals surface area contributed by atoms with Gasteiger partial charge in [0, 0.05) is 0 Å². The highest BCUT2D eigenvalue weighted by Crippen LogP contribution is 2.46. The number of halogens is 1. The van der Waals surface area contributed by atoms with E-state index in [1.807, 2.05) is 0 Å². The molecule has 112 valence electrons. The van der Waals surface area contributed by atoms with Gasteiger partial charge in [-0.05, 0) is 37.3 Å². The first-order valence-electron chi connectivity index (χ1n) is 7.57. The lowest BCUT2D eigenvalue weighted by atomic mass is 9.67. The molecule has 0 aliphatic heterocycles. The Labute approximate surface area is 121 Å². The second-order valence-electron chi connectivity index (χ2n) is 6.02. The molecular formula is C17H25FO2. The fraction of sp³-hybridized carbons (Fsp3) is 0.647. The highest BCUT2D eigenvalue weighted by molar-refractivity contribution is 5.39. The zero-order chi connectivity index (χ0) is 14.8. The molecule has 1 fully saturated rings. The largest absolute Gasteiger partial charge is 0.496 e. The number of aliphatic hydroxyl groups is 1. The van der Waals surface area contributed by atoms with Gasteiger partial charge in [-0.25, -0.2) is 4.39 Å². The van der Waals surface area contributed by atoms with E-state index < -0.39 is 5.60 Å². The van der Waals surface area contributed by atoms with Crippen LogP contribution in [-0.2, 0) is 5.60 Å². The Kier molecular flexibility index (Phi) is 4.69. The molecule has 0 spiro atoms. The van der Waals surface area contributed by atoms with Crippen molar-refractivity contribution in [2.75, 3.05) is 7.11 Å². The van der Waals surface area contributed by atoms with Gasteiger partial charge in [-0.1, -0.05) is 38.7 Å². The Balaban J connectivity index is 2.43. The number of hydrogen-bond donors (Lipinski definition) is 1. The van der Waals surface area contributed by atoms with E-state index in [1.54, 1.807) is 19.1 Å². The molecule has 0 bridgehead atoms. The topological polar surface area (TPSA) is 29.5 Å². The second-order valence-corrected chi connectivity index (χ2v) is 6.02. The van der Waals surface area contributed by atoms with Crippen molar-refractivity contribution in [3.05, 3.63) is 29.6 Å². The third kappa shape index (κ3) is 2.69. The summed E-state index contributed by atoms with van der Waals surface area (Å²) in [6.07, 6.45) is 5.41. The molecule has 1 aliphatic carbocycles. The fourth-order valence-corrected chi connectivity index (χ4v) is 3.79. The monoisotopic (exact) mass is 280 g/mol. The molecule has 2 rings (SSSR count). The summed E-state index contributed by atoms with van der Waals surface area (Å²) in [5.41, 5.74) is -0.870. The lowest BCUT2D eigenvalue weighted by Gasteiger charge is -2.41. The van der Waals surface area contributed by atoms with Crippen molar-refractivity contribution in [3.8, 4) is 5.75 Å². The summed E-state index contributed by atoms with van der Waals surface area (Å²) in [7, 11) is 1.52. The molecule has 0 radical (unpaired) electrons. The van der Waals surface area contributed by atoms with E-state index in [-0.39, 0.29) is 11.7 Å². The van der Waals surface area contributed by atoms with Crippen LogP contribution in [0.25, 0.3) is 0 Å². The summed E-state index contributed by atoms with van der Waals surface area (Å²) in [6.45, 7) is 3.89. The van der Waals surface area contributed by atoms with Gasteiger partial charge >= 0.3 is 0 Å². The van der Waals surface area contributed by atoms with Crippen molar-refractivity contribution in [1.82, 2.24) is 0 Å². The van der Waals surface area contributed by atoms with Crippen molar-refractivity contribution in [3.63, 3.8) is 0 Å². The average Bonchev–Trinajstić information content (AvgIpc) is 2.46. The van der Waals surface area contributed by atoms with Gasteiger partial charge in [0.15, 0.2) is 0 Å².